The number of fused-ring (bicyclic) bond motifs is 5. The van der Waals surface area contributed by atoms with Crippen molar-refractivity contribution in [3.05, 3.63) is 112 Å². The Morgan fingerprint density at radius 2 is 1.47 bits per heavy atom. The Labute approximate surface area is 444 Å². The van der Waals surface area contributed by atoms with Gasteiger partial charge in [-0.2, -0.15) is 0 Å². The number of benzene rings is 3. The Hall–Kier alpha value is -7.34. The van der Waals surface area contributed by atoms with Crippen molar-refractivity contribution in [1.29, 1.82) is 0 Å². The topological polar surface area (TPSA) is 172 Å². The second kappa shape index (κ2) is 21.7. The number of likely N-dealkylation sites (tertiary alicyclic amines) is 2. The smallest absolute Gasteiger partial charge is 0.407 e. The van der Waals surface area contributed by atoms with Gasteiger partial charge in [0.1, 0.15) is 34.5 Å². The number of aromatic nitrogens is 3. The SMILES string of the molecule is CCc1cc(-c2cc(F)c3c(c2)OC(c2cnc(-c4ccc(F)cc4)s2)n2c-3cc3cc(C4=CCCCC(C5CCCN5C(=O)C(NC(=O)OC)C(C)C)=N4)ccc32)[nH]c1C1CCCN1C(=O)C(NC(=O)OC)C(C)C. The minimum Gasteiger partial charge on any atom is -0.464 e. The molecule has 6 aromatic rings. The zero-order chi connectivity index (χ0) is 53.5. The molecule has 10 rings (SSSR count). The molecule has 0 spiro atoms. The van der Waals surface area contributed by atoms with E-state index < -0.39 is 36.3 Å². The molecule has 5 unspecified atom stereocenters. The molecule has 3 N–H and O–H groups in total. The van der Waals surface area contributed by atoms with Crippen LogP contribution in [0.25, 0.3) is 49.7 Å². The number of methoxy groups -OCH3 is 2. The highest BCUT2D eigenvalue weighted by molar-refractivity contribution is 7.15. The summed E-state index contributed by atoms with van der Waals surface area (Å²) in [6.45, 7) is 10.7. The zero-order valence-corrected chi connectivity index (χ0v) is 44.7. The standard InChI is InChI=1S/C58H64F2N8O7S/c1-8-33-27-42(63-52(33)45-16-12-24-67(45)55(70)51(32(4)5)65-58(72)74-7)36-26-39(60)49-46-28-37-25-35(40-13-9-10-14-41(62-40)44-15-11-23-66(44)54(69)50(31(2)3)64-57(71)73-6)19-22-43(37)68(46)56(75-47(49)29-36)48-30-61-53(76-48)34-17-20-38(59)21-18-34/h13,17-22,25-32,44-45,50-51,56,63H,8-12,14-16,23-24H2,1-7H3,(H,64,71)(H,65,72). The summed E-state index contributed by atoms with van der Waals surface area (Å²) in [4.78, 5) is 70.9. The first-order valence-corrected chi connectivity index (χ1v) is 27.1. The van der Waals surface area contributed by atoms with E-state index in [4.69, 9.17) is 24.2 Å². The molecule has 0 radical (unpaired) electrons. The minimum absolute atomic E-state index is 0.150. The minimum atomic E-state index is -0.773. The maximum atomic E-state index is 17.3. The third-order valence-corrected chi connectivity index (χ3v) is 16.3. The van der Waals surface area contributed by atoms with Crippen LogP contribution >= 0.6 is 11.3 Å². The number of carbonyl (C=O) groups excluding carboxylic acids is 4. The predicted molar refractivity (Wildman–Crippen MR) is 289 cm³/mol. The average molecular weight is 1060 g/mol. The summed E-state index contributed by atoms with van der Waals surface area (Å²) in [5.41, 5.74) is 8.17. The van der Waals surface area contributed by atoms with E-state index in [1.807, 2.05) is 79.3 Å². The monoisotopic (exact) mass is 1050 g/mol. The fourth-order valence-electron chi connectivity index (χ4n) is 11.3. The molecule has 2 fully saturated rings. The van der Waals surface area contributed by atoms with Crippen LogP contribution in [-0.2, 0) is 25.5 Å². The number of allylic oxidation sites excluding steroid dienone is 1. The number of carbonyl (C=O) groups is 4. The van der Waals surface area contributed by atoms with Gasteiger partial charge in [-0.15, -0.1) is 11.3 Å². The molecular weight excluding hydrogens is 991 g/mol. The summed E-state index contributed by atoms with van der Waals surface area (Å²) in [5, 5.41) is 6.99. The van der Waals surface area contributed by atoms with E-state index in [9.17, 15) is 23.6 Å². The van der Waals surface area contributed by atoms with Gasteiger partial charge >= 0.3 is 12.2 Å². The average Bonchev–Trinajstić information content (AvgIpc) is 4.38. The number of aliphatic imine (C=N–C) groups is 1. The predicted octanol–water partition coefficient (Wildman–Crippen LogP) is 11.6. The highest BCUT2D eigenvalue weighted by Crippen LogP contribution is 2.49. The molecule has 76 heavy (non-hydrogen) atoms. The van der Waals surface area contributed by atoms with Crippen molar-refractivity contribution < 1.29 is 42.2 Å². The second-order valence-electron chi connectivity index (χ2n) is 20.7. The van der Waals surface area contributed by atoms with Crippen LogP contribution in [0.2, 0.25) is 0 Å². The zero-order valence-electron chi connectivity index (χ0n) is 43.9. The molecule has 0 bridgehead atoms. The molecular formula is C58H64F2N8O7S. The van der Waals surface area contributed by atoms with E-state index in [1.165, 1.54) is 43.8 Å². The lowest BCUT2D eigenvalue weighted by Crippen LogP contribution is -2.53. The lowest BCUT2D eigenvalue weighted by atomic mass is 10.00. The van der Waals surface area contributed by atoms with Gasteiger partial charge in [-0.1, -0.05) is 46.8 Å². The maximum Gasteiger partial charge on any atom is 0.407 e. The van der Waals surface area contributed by atoms with Crippen LogP contribution in [-0.4, -0.2) is 99.5 Å². The highest BCUT2D eigenvalue weighted by atomic mass is 32.1. The number of H-pyrrole nitrogens is 1. The van der Waals surface area contributed by atoms with Gasteiger partial charge in [-0.05, 0) is 129 Å². The van der Waals surface area contributed by atoms with Crippen LogP contribution in [0, 0.1) is 23.5 Å². The van der Waals surface area contributed by atoms with Gasteiger partial charge in [0.25, 0.3) is 0 Å². The van der Waals surface area contributed by atoms with E-state index in [0.29, 0.717) is 59.2 Å². The van der Waals surface area contributed by atoms with E-state index >= 15 is 4.39 Å². The molecule has 0 aliphatic carbocycles. The first-order valence-electron chi connectivity index (χ1n) is 26.3. The number of amides is 4. The molecule has 2 saturated heterocycles. The Kier molecular flexibility index (Phi) is 14.9. The molecule has 3 aromatic carbocycles. The summed E-state index contributed by atoms with van der Waals surface area (Å²) in [6, 6.07) is 17.7. The van der Waals surface area contributed by atoms with Crippen LogP contribution in [0.4, 0.5) is 18.4 Å². The van der Waals surface area contributed by atoms with Crippen molar-refractivity contribution in [2.75, 3.05) is 27.3 Å². The van der Waals surface area contributed by atoms with Crippen molar-refractivity contribution in [2.24, 2.45) is 16.8 Å². The molecule has 18 heteroatoms. The summed E-state index contributed by atoms with van der Waals surface area (Å²) in [6.07, 6.45) is 7.92. The largest absolute Gasteiger partial charge is 0.464 e. The number of hydrogen-bond acceptors (Lipinski definition) is 10. The highest BCUT2D eigenvalue weighted by Gasteiger charge is 2.40. The number of alkyl carbamates (subject to hydrolysis) is 2. The molecule has 5 atom stereocenters. The molecule has 398 valence electrons. The van der Waals surface area contributed by atoms with E-state index in [0.717, 1.165) is 88.1 Å². The molecule has 7 heterocycles. The van der Waals surface area contributed by atoms with Gasteiger partial charge in [0, 0.05) is 58.5 Å². The summed E-state index contributed by atoms with van der Waals surface area (Å²) >= 11 is 1.41. The normalized spacial score (nSPS) is 19.1. The fraction of sp³-hybridized carbons (Fsp3) is 0.414. The Morgan fingerprint density at radius 1 is 0.816 bits per heavy atom. The summed E-state index contributed by atoms with van der Waals surface area (Å²) < 4.78 is 50.0. The number of rotatable bonds is 13. The fourth-order valence-corrected chi connectivity index (χ4v) is 12.3. The van der Waals surface area contributed by atoms with Gasteiger partial charge < -0.3 is 39.6 Å². The molecule has 4 aliphatic heterocycles. The van der Waals surface area contributed by atoms with Gasteiger partial charge in [0.15, 0.2) is 0 Å². The van der Waals surface area contributed by atoms with Crippen LogP contribution in [0.5, 0.6) is 5.75 Å². The number of hydrogen-bond donors (Lipinski definition) is 3. The first kappa shape index (κ1) is 52.1. The first-order chi connectivity index (χ1) is 36.6. The van der Waals surface area contributed by atoms with Crippen LogP contribution in [0.3, 0.4) is 0 Å². The van der Waals surface area contributed by atoms with Crippen molar-refractivity contribution in [3.8, 4) is 38.8 Å². The number of nitrogens with zero attached hydrogens (tertiary/aromatic N) is 5. The summed E-state index contributed by atoms with van der Waals surface area (Å²) in [5.74, 6) is -1.17. The van der Waals surface area contributed by atoms with E-state index in [1.54, 1.807) is 18.3 Å². The van der Waals surface area contributed by atoms with Crippen LogP contribution in [0.1, 0.15) is 114 Å². The molecule has 4 amide bonds. The molecule has 3 aromatic heterocycles. The number of halogens is 2. The Morgan fingerprint density at radius 3 is 2.13 bits per heavy atom. The van der Waals surface area contributed by atoms with Gasteiger partial charge in [0.05, 0.1) is 53.7 Å². The van der Waals surface area contributed by atoms with Crippen molar-refractivity contribution in [1.82, 2.24) is 35.0 Å². The van der Waals surface area contributed by atoms with E-state index in [2.05, 4.69) is 27.8 Å². The lowest BCUT2D eigenvalue weighted by Gasteiger charge is -2.31. The van der Waals surface area contributed by atoms with Crippen molar-refractivity contribution in [3.63, 3.8) is 0 Å². The van der Waals surface area contributed by atoms with Gasteiger partial charge in [0.2, 0.25) is 18.0 Å². The molecule has 4 aliphatic rings. The number of nitrogens with one attached hydrogen (secondary N) is 3. The van der Waals surface area contributed by atoms with Gasteiger partial charge in [-0.25, -0.2) is 23.4 Å². The Balaban J connectivity index is 1.02. The van der Waals surface area contributed by atoms with Crippen LogP contribution in [0.15, 0.2) is 84.0 Å². The quantitative estimate of drug-likeness (QED) is 0.103. The number of ether oxygens (including phenoxy) is 3. The van der Waals surface area contributed by atoms with Crippen molar-refractivity contribution in [2.45, 2.75) is 116 Å². The number of aromatic amines is 1. The second-order valence-corrected chi connectivity index (χ2v) is 21.8. The lowest BCUT2D eigenvalue weighted by molar-refractivity contribution is -0.135. The van der Waals surface area contributed by atoms with Crippen molar-refractivity contribution >= 4 is 57.6 Å². The van der Waals surface area contributed by atoms with Crippen LogP contribution < -0.4 is 15.4 Å². The van der Waals surface area contributed by atoms with E-state index in [-0.39, 0.29) is 41.6 Å². The number of aryl methyl sites for hydroxylation is 1. The third-order valence-electron chi connectivity index (χ3n) is 15.2. The molecule has 15 nitrogen and oxygen atoms in total. The third kappa shape index (κ3) is 9.98. The Bertz CT molecular complexity index is 3270. The number of thiazole rings is 1. The maximum absolute atomic E-state index is 17.3. The van der Waals surface area contributed by atoms with Gasteiger partial charge in [-0.3, -0.25) is 19.1 Å². The summed E-state index contributed by atoms with van der Waals surface area (Å²) in [7, 11) is 2.56. The molecule has 0 saturated carbocycles.